The second-order valence-corrected chi connectivity index (χ2v) is 15.2. The zero-order chi connectivity index (χ0) is 20.6. The van der Waals surface area contributed by atoms with Crippen molar-refractivity contribution in [2.75, 3.05) is 0 Å². The molecule has 28 heavy (non-hydrogen) atoms. The van der Waals surface area contributed by atoms with E-state index in [1.54, 1.807) is 0 Å². The molecule has 1 N–H and O–H groups in total. The molecule has 152 valence electrons. The Hall–Kier alpha value is -1.16. The summed E-state index contributed by atoms with van der Waals surface area (Å²) in [6.45, 7) is 15.2. The summed E-state index contributed by atoms with van der Waals surface area (Å²) in [5, 5.41) is 11.8. The van der Waals surface area contributed by atoms with Crippen LogP contribution in [0.3, 0.4) is 0 Å². The molecule has 0 spiro atoms. The minimum Gasteiger partial charge on any atom is -0.411 e. The van der Waals surface area contributed by atoms with Crippen LogP contribution in [-0.2, 0) is 13.9 Å². The van der Waals surface area contributed by atoms with Gasteiger partial charge in [0.25, 0.3) is 0 Å². The first kappa shape index (κ1) is 20.1. The summed E-state index contributed by atoms with van der Waals surface area (Å²) < 4.78 is 19.4. The quantitative estimate of drug-likeness (QED) is 0.605. The molecule has 0 saturated carbocycles. The molecule has 4 unspecified atom stereocenters. The lowest BCUT2D eigenvalue weighted by Crippen LogP contribution is -2.71. The maximum absolute atomic E-state index is 11.7. The molecule has 6 atom stereocenters. The van der Waals surface area contributed by atoms with Crippen LogP contribution in [0.1, 0.15) is 46.6 Å². The van der Waals surface area contributed by atoms with Gasteiger partial charge >= 0.3 is 0 Å². The fraction of sp³-hybridized carbons (Fsp3) is 0.652. The monoisotopic (exact) mass is 400 g/mol. The van der Waals surface area contributed by atoms with E-state index in [2.05, 4.69) is 45.7 Å². The molecule has 3 aliphatic rings. The molecule has 4 rings (SSSR count). The smallest absolute Gasteiger partial charge is 0.192 e. The number of hydrogen-bond acceptors (Lipinski definition) is 4. The highest BCUT2D eigenvalue weighted by atomic mass is 28.4. The highest BCUT2D eigenvalue weighted by Crippen LogP contribution is 2.62. The van der Waals surface area contributed by atoms with Crippen LogP contribution >= 0.6 is 0 Å². The van der Waals surface area contributed by atoms with E-state index in [0.29, 0.717) is 6.42 Å². The minimum atomic E-state index is -1.98. The molecule has 4 nitrogen and oxygen atoms in total. The van der Waals surface area contributed by atoms with E-state index in [4.69, 9.17) is 13.9 Å². The van der Waals surface area contributed by atoms with Crippen LogP contribution in [0.5, 0.6) is 0 Å². The van der Waals surface area contributed by atoms with Crippen molar-refractivity contribution >= 4 is 8.32 Å². The van der Waals surface area contributed by atoms with Crippen molar-refractivity contribution < 1.29 is 19.0 Å². The van der Waals surface area contributed by atoms with Crippen molar-refractivity contribution in [3.63, 3.8) is 0 Å². The van der Waals surface area contributed by atoms with Crippen molar-refractivity contribution in [1.82, 2.24) is 0 Å². The predicted molar refractivity (Wildman–Crippen MR) is 112 cm³/mol. The molecule has 1 aromatic rings. The first-order valence-electron chi connectivity index (χ1n) is 10.2. The van der Waals surface area contributed by atoms with Gasteiger partial charge in [-0.25, -0.2) is 0 Å². The van der Waals surface area contributed by atoms with Crippen molar-refractivity contribution in [1.29, 1.82) is 0 Å². The highest BCUT2D eigenvalue weighted by Gasteiger charge is 2.81. The Bertz CT molecular complexity index is 836. The van der Waals surface area contributed by atoms with E-state index < -0.39 is 31.2 Å². The minimum absolute atomic E-state index is 0.0894. The normalized spacial score (nSPS) is 41.8. The van der Waals surface area contributed by atoms with Gasteiger partial charge in [0.2, 0.25) is 0 Å². The number of fused-ring (bicyclic) bond motifs is 1. The average Bonchev–Trinajstić information content (AvgIpc) is 2.63. The Labute approximate surface area is 169 Å². The maximum atomic E-state index is 11.7. The van der Waals surface area contributed by atoms with E-state index in [0.717, 1.165) is 5.56 Å². The van der Waals surface area contributed by atoms with Crippen molar-refractivity contribution in [2.24, 2.45) is 0 Å². The standard InChI is InChI=1S/C23H32O4Si/c1-20(2,3)28(6,7)26-17-15-21(4)23(24,14-13-16-11-9-8-10-12-16)19-22(5,27-21)18(17)25-19/h8-12,17-19,24H,15H2,1-7H3/t17-,18?,19?,21?,22?,23+/m1/s1. The van der Waals surface area contributed by atoms with E-state index in [1.165, 1.54) is 0 Å². The van der Waals surface area contributed by atoms with Gasteiger partial charge in [-0.1, -0.05) is 50.8 Å². The van der Waals surface area contributed by atoms with Crippen LogP contribution in [0.2, 0.25) is 18.1 Å². The first-order chi connectivity index (χ1) is 12.8. The SMILES string of the molecule is CC12OC3(C)C[C@@H](O[Si](C)(C)C(C)(C)C)C1OC2[C@@]3(O)C#Cc1ccccc1. The van der Waals surface area contributed by atoms with E-state index >= 15 is 0 Å². The van der Waals surface area contributed by atoms with Gasteiger partial charge in [0.05, 0.1) is 6.10 Å². The van der Waals surface area contributed by atoms with Crippen LogP contribution in [0.15, 0.2) is 30.3 Å². The zero-order valence-corrected chi connectivity index (χ0v) is 19.0. The average molecular weight is 401 g/mol. The second-order valence-electron chi connectivity index (χ2n) is 10.5. The Morgan fingerprint density at radius 1 is 1.18 bits per heavy atom. The van der Waals surface area contributed by atoms with Gasteiger partial charge in [0, 0.05) is 12.0 Å². The third kappa shape index (κ3) is 2.66. The van der Waals surface area contributed by atoms with Crippen molar-refractivity contribution in [3.8, 4) is 11.8 Å². The van der Waals surface area contributed by atoms with Crippen LogP contribution in [0.25, 0.3) is 0 Å². The Balaban J connectivity index is 1.66. The number of aliphatic hydroxyl groups is 1. The summed E-state index contributed by atoms with van der Waals surface area (Å²) in [7, 11) is -1.98. The summed E-state index contributed by atoms with van der Waals surface area (Å²) in [5.41, 5.74) is -1.88. The molecular weight excluding hydrogens is 368 g/mol. The Morgan fingerprint density at radius 2 is 1.82 bits per heavy atom. The topological polar surface area (TPSA) is 47.9 Å². The van der Waals surface area contributed by atoms with Crippen molar-refractivity contribution in [2.45, 2.75) is 94.3 Å². The molecular formula is C23H32O4Si. The lowest BCUT2D eigenvalue weighted by molar-refractivity contribution is -0.323. The van der Waals surface area contributed by atoms with Gasteiger partial charge in [0.15, 0.2) is 13.9 Å². The van der Waals surface area contributed by atoms with Crippen LogP contribution < -0.4 is 0 Å². The highest BCUT2D eigenvalue weighted by molar-refractivity contribution is 6.74. The zero-order valence-electron chi connectivity index (χ0n) is 18.0. The van der Waals surface area contributed by atoms with Gasteiger partial charge in [-0.3, -0.25) is 0 Å². The summed E-state index contributed by atoms with van der Waals surface area (Å²) in [6.07, 6.45) is -0.129. The fourth-order valence-corrected chi connectivity index (χ4v) is 5.97. The van der Waals surface area contributed by atoms with E-state index in [1.807, 2.05) is 44.2 Å². The number of hydrogen-bond donors (Lipinski definition) is 1. The summed E-state index contributed by atoms with van der Waals surface area (Å²) in [6, 6.07) is 9.72. The summed E-state index contributed by atoms with van der Waals surface area (Å²) in [4.78, 5) is 0. The number of rotatable bonds is 2. The molecule has 3 fully saturated rings. The third-order valence-electron chi connectivity index (χ3n) is 7.35. The Kier molecular flexibility index (Phi) is 4.26. The van der Waals surface area contributed by atoms with Crippen LogP contribution in [0, 0.1) is 11.8 Å². The fourth-order valence-electron chi connectivity index (χ4n) is 4.65. The van der Waals surface area contributed by atoms with E-state index in [9.17, 15) is 5.11 Å². The molecule has 0 aromatic heterocycles. The van der Waals surface area contributed by atoms with Gasteiger partial charge in [-0.05, 0) is 44.1 Å². The van der Waals surface area contributed by atoms with Gasteiger partial charge in [-0.2, -0.15) is 0 Å². The van der Waals surface area contributed by atoms with Gasteiger partial charge < -0.3 is 19.0 Å². The number of ether oxygens (including phenoxy) is 2. The molecule has 3 saturated heterocycles. The lowest BCUT2D eigenvalue weighted by Gasteiger charge is -2.55. The molecule has 1 aromatic carbocycles. The van der Waals surface area contributed by atoms with Crippen LogP contribution in [-0.4, -0.2) is 48.5 Å². The molecule has 0 radical (unpaired) electrons. The van der Waals surface area contributed by atoms with Crippen molar-refractivity contribution in [3.05, 3.63) is 35.9 Å². The number of benzene rings is 1. The molecule has 5 heteroatoms. The van der Waals surface area contributed by atoms with Gasteiger partial charge in [-0.15, -0.1) is 0 Å². The summed E-state index contributed by atoms with van der Waals surface area (Å²) in [5.74, 6) is 6.26. The molecule has 2 bridgehead atoms. The first-order valence-corrected chi connectivity index (χ1v) is 13.1. The maximum Gasteiger partial charge on any atom is 0.192 e. The van der Waals surface area contributed by atoms with E-state index in [-0.39, 0.29) is 17.2 Å². The van der Waals surface area contributed by atoms with Crippen LogP contribution in [0.4, 0.5) is 0 Å². The third-order valence-corrected chi connectivity index (χ3v) is 11.9. The largest absolute Gasteiger partial charge is 0.411 e. The Morgan fingerprint density at radius 3 is 2.43 bits per heavy atom. The molecule has 3 heterocycles. The molecule has 0 aliphatic carbocycles. The molecule has 3 aliphatic heterocycles. The summed E-state index contributed by atoms with van der Waals surface area (Å²) >= 11 is 0. The lowest BCUT2D eigenvalue weighted by atomic mass is 9.77. The molecule has 0 amide bonds. The predicted octanol–water partition coefficient (Wildman–Crippen LogP) is 3.88. The van der Waals surface area contributed by atoms with Gasteiger partial charge in [0.1, 0.15) is 23.4 Å². The second kappa shape index (κ2) is 5.93.